The van der Waals surface area contributed by atoms with Crippen molar-refractivity contribution in [2.75, 3.05) is 41.5 Å². The number of nitrogens with two attached hydrogens (primary N) is 2. The maximum Gasteiger partial charge on any atom is 0.524 e. The van der Waals surface area contributed by atoms with Crippen LogP contribution in [0.3, 0.4) is 0 Å². The van der Waals surface area contributed by atoms with Gasteiger partial charge in [0.15, 0.2) is 23.0 Å². The minimum Gasteiger partial charge on any atom is -0.493 e. The number of aromatic nitrogens is 4. The van der Waals surface area contributed by atoms with Crippen LogP contribution in [0.4, 0.5) is 0 Å². The first-order chi connectivity index (χ1) is 20.7. The molecule has 0 atom stereocenters. The van der Waals surface area contributed by atoms with Gasteiger partial charge in [-0.05, 0) is 48.5 Å². The predicted octanol–water partition coefficient (Wildman–Crippen LogP) is 3.18. The number of benzene rings is 2. The molecule has 8 N–H and O–H groups in total. The third kappa shape index (κ3) is 12.2. The van der Waals surface area contributed by atoms with E-state index >= 15 is 0 Å². The highest BCUT2D eigenvalue weighted by Crippen LogP contribution is 2.42. The molecule has 4 aromatic rings. The van der Waals surface area contributed by atoms with E-state index in [1.54, 1.807) is 61.5 Å². The summed E-state index contributed by atoms with van der Waals surface area (Å²) in [4.78, 5) is 31.6. The average Bonchev–Trinajstić information content (AvgIpc) is 3.71. The zero-order valence-corrected chi connectivity index (χ0v) is 25.4. The lowest BCUT2D eigenvalue weighted by atomic mass is 10.1. The zero-order chi connectivity index (χ0) is 31.7. The van der Waals surface area contributed by atoms with Gasteiger partial charge in [-0.25, -0.2) is 14.5 Å². The van der Waals surface area contributed by atoms with Gasteiger partial charge in [0.05, 0.1) is 41.1 Å². The number of imidazole rings is 2. The van der Waals surface area contributed by atoms with Crippen LogP contribution in [0.25, 0.3) is 12.2 Å². The number of methoxy groups -OCH3 is 4. The van der Waals surface area contributed by atoms with Gasteiger partial charge in [-0.2, -0.15) is 0 Å². The van der Waals surface area contributed by atoms with Crippen molar-refractivity contribution in [1.29, 1.82) is 0 Å². The quantitative estimate of drug-likeness (QED) is 0.0998. The topological polar surface area (TPSA) is 213 Å². The molecule has 0 saturated heterocycles. The summed E-state index contributed by atoms with van der Waals surface area (Å²) < 4.78 is 36.8. The van der Waals surface area contributed by atoms with Crippen LogP contribution < -0.4 is 34.9 Å². The van der Waals surface area contributed by atoms with Crippen LogP contribution in [0.1, 0.15) is 22.5 Å². The largest absolute Gasteiger partial charge is 0.524 e. The van der Waals surface area contributed by atoms with Gasteiger partial charge >= 0.3 is 7.82 Å². The molecule has 0 aliphatic rings. The Bertz CT molecular complexity index is 1360. The summed E-state index contributed by atoms with van der Waals surface area (Å²) in [5, 5.41) is 0. The van der Waals surface area contributed by atoms with E-state index < -0.39 is 7.82 Å². The van der Waals surface area contributed by atoms with Gasteiger partial charge in [-0.1, -0.05) is 18.2 Å². The van der Waals surface area contributed by atoms with Crippen molar-refractivity contribution in [3.8, 4) is 28.7 Å². The predicted molar refractivity (Wildman–Crippen MR) is 163 cm³/mol. The van der Waals surface area contributed by atoms with E-state index in [9.17, 15) is 4.57 Å². The summed E-state index contributed by atoms with van der Waals surface area (Å²) >= 11 is 0. The molecule has 2 aromatic carbocycles. The second-order valence-electron chi connectivity index (χ2n) is 8.52. The number of hydrogen-bond acceptors (Lipinski definition) is 10. The Labute approximate surface area is 250 Å². The lowest BCUT2D eigenvalue weighted by Crippen LogP contribution is -2.02. The smallest absolute Gasteiger partial charge is 0.493 e. The maximum atomic E-state index is 11.1. The minimum absolute atomic E-state index is 0.0575. The molecule has 14 nitrogen and oxygen atoms in total. The van der Waals surface area contributed by atoms with Crippen molar-refractivity contribution in [2.24, 2.45) is 11.5 Å². The Morgan fingerprint density at radius 1 is 0.744 bits per heavy atom. The lowest BCUT2D eigenvalue weighted by molar-refractivity contribution is 0.276. The molecule has 0 fully saturated rings. The summed E-state index contributed by atoms with van der Waals surface area (Å²) in [6.07, 6.45) is 12.2. The third-order valence-corrected chi connectivity index (χ3v) is 5.93. The maximum absolute atomic E-state index is 11.1. The molecule has 0 radical (unpaired) electrons. The van der Waals surface area contributed by atoms with Gasteiger partial charge in [-0.3, -0.25) is 9.79 Å². The first-order valence-electron chi connectivity index (χ1n) is 12.9. The summed E-state index contributed by atoms with van der Waals surface area (Å²) in [6.45, 7) is 1.37. The highest BCUT2D eigenvalue weighted by molar-refractivity contribution is 7.46. The standard InChI is InChI=1S/C18H21O8P.2C5H9N3/c1-22-14-8-7-12(9-15(14)26-27(19,20)21)5-6-13-10-16(23-2)18(25-4)17(11-13)24-3;2*6-2-1-5-3-7-4-8-5/h5-11H,1-4H3,(H2,19,20,21);2*3-4H,1-2,6H2,(H,7,8)/b6-5-;;. The van der Waals surface area contributed by atoms with Crippen LogP contribution in [0.5, 0.6) is 28.7 Å². The molecule has 0 saturated carbocycles. The molecular formula is C28H39N6O8P. The van der Waals surface area contributed by atoms with Crippen molar-refractivity contribution >= 4 is 20.0 Å². The Kier molecular flexibility index (Phi) is 14.8. The Balaban J connectivity index is 0.000000324. The van der Waals surface area contributed by atoms with E-state index in [2.05, 4.69) is 24.5 Å². The monoisotopic (exact) mass is 618 g/mol. The van der Waals surface area contributed by atoms with Gasteiger partial charge in [0.25, 0.3) is 0 Å². The number of rotatable bonds is 12. The minimum atomic E-state index is -4.71. The Morgan fingerprint density at radius 3 is 1.63 bits per heavy atom. The molecule has 0 amide bonds. The number of phosphoric ester groups is 1. The van der Waals surface area contributed by atoms with Crippen molar-refractivity contribution in [2.45, 2.75) is 12.8 Å². The van der Waals surface area contributed by atoms with E-state index in [0.717, 1.165) is 29.8 Å². The molecule has 0 spiro atoms. The second-order valence-corrected chi connectivity index (χ2v) is 9.68. The summed E-state index contributed by atoms with van der Waals surface area (Å²) in [5.41, 5.74) is 14.2. The fourth-order valence-electron chi connectivity index (χ4n) is 3.54. The fourth-order valence-corrected chi connectivity index (χ4v) is 3.94. The summed E-state index contributed by atoms with van der Waals surface area (Å²) in [6, 6.07) is 8.29. The Morgan fingerprint density at radius 2 is 1.23 bits per heavy atom. The molecule has 43 heavy (non-hydrogen) atoms. The lowest BCUT2D eigenvalue weighted by Gasteiger charge is -2.13. The van der Waals surface area contributed by atoms with Gasteiger partial charge < -0.3 is 44.9 Å². The Hall–Kier alpha value is -4.33. The molecule has 4 rings (SSSR count). The number of nitrogens with zero attached hydrogens (tertiary/aromatic N) is 2. The molecule has 0 bridgehead atoms. The first-order valence-corrected chi connectivity index (χ1v) is 14.5. The second kappa shape index (κ2) is 18.3. The first kappa shape index (κ1) is 34.9. The number of H-pyrrole nitrogens is 2. The normalized spacial score (nSPS) is 10.7. The van der Waals surface area contributed by atoms with Crippen LogP contribution >= 0.6 is 7.82 Å². The molecule has 0 unspecified atom stereocenters. The van der Waals surface area contributed by atoms with E-state index in [1.165, 1.54) is 34.5 Å². The van der Waals surface area contributed by atoms with E-state index in [0.29, 0.717) is 35.9 Å². The van der Waals surface area contributed by atoms with E-state index in [-0.39, 0.29) is 11.5 Å². The molecule has 2 aromatic heterocycles. The molecular weight excluding hydrogens is 579 g/mol. The highest BCUT2D eigenvalue weighted by Gasteiger charge is 2.19. The molecule has 15 heteroatoms. The third-order valence-electron chi connectivity index (χ3n) is 5.50. The van der Waals surface area contributed by atoms with E-state index in [1.807, 2.05) is 0 Å². The SMILES string of the molecule is COc1ccc(/C=C\c2cc(OC)c(OC)c(OC)c2)cc1OP(=O)(O)O.NCCc1cnc[nH]1.NCCc1cnc[nH]1. The molecule has 234 valence electrons. The highest BCUT2D eigenvalue weighted by atomic mass is 31.2. The van der Waals surface area contributed by atoms with Gasteiger partial charge in [0, 0.05) is 36.6 Å². The van der Waals surface area contributed by atoms with Gasteiger partial charge in [0.1, 0.15) is 0 Å². The van der Waals surface area contributed by atoms with Crippen LogP contribution in [-0.4, -0.2) is 71.3 Å². The number of hydrogen-bond donors (Lipinski definition) is 6. The molecule has 0 aliphatic carbocycles. The van der Waals surface area contributed by atoms with Crippen LogP contribution in [-0.2, 0) is 17.4 Å². The average molecular weight is 619 g/mol. The molecule has 2 heterocycles. The van der Waals surface area contributed by atoms with Gasteiger partial charge in [-0.15, -0.1) is 0 Å². The van der Waals surface area contributed by atoms with Crippen LogP contribution in [0, 0.1) is 0 Å². The van der Waals surface area contributed by atoms with Crippen LogP contribution in [0.2, 0.25) is 0 Å². The molecule has 0 aliphatic heterocycles. The number of phosphoric acid groups is 1. The summed E-state index contributed by atoms with van der Waals surface area (Å²) in [5.74, 6) is 1.66. The number of nitrogens with one attached hydrogen (secondary N) is 2. The zero-order valence-electron chi connectivity index (χ0n) is 24.5. The fraction of sp³-hybridized carbons (Fsp3) is 0.286. The van der Waals surface area contributed by atoms with Crippen molar-refractivity contribution < 1.29 is 37.8 Å². The van der Waals surface area contributed by atoms with Crippen molar-refractivity contribution in [1.82, 2.24) is 19.9 Å². The van der Waals surface area contributed by atoms with Crippen molar-refractivity contribution in [3.05, 3.63) is 77.9 Å². The number of ether oxygens (including phenoxy) is 4. The van der Waals surface area contributed by atoms with Gasteiger partial charge in [0.2, 0.25) is 5.75 Å². The summed E-state index contributed by atoms with van der Waals surface area (Å²) in [7, 11) is 1.26. The number of aromatic amines is 2. The van der Waals surface area contributed by atoms with Crippen LogP contribution in [0.15, 0.2) is 55.4 Å². The van der Waals surface area contributed by atoms with E-state index in [4.69, 9.17) is 40.2 Å². The van der Waals surface area contributed by atoms with Crippen molar-refractivity contribution in [3.63, 3.8) is 0 Å².